The molecule has 1 aliphatic rings. The van der Waals surface area contributed by atoms with Gasteiger partial charge in [-0.15, -0.1) is 13.2 Å². The van der Waals surface area contributed by atoms with Crippen LogP contribution in [0.1, 0.15) is 52.4 Å². The van der Waals surface area contributed by atoms with Gasteiger partial charge in [0.15, 0.2) is 21.9 Å². The molecule has 4 aromatic carbocycles. The summed E-state index contributed by atoms with van der Waals surface area (Å²) in [6.07, 6.45) is 6.02. The Balaban J connectivity index is 1.92. The van der Waals surface area contributed by atoms with Crippen molar-refractivity contribution < 1.29 is 4.79 Å². The van der Waals surface area contributed by atoms with E-state index in [0.717, 1.165) is 48.9 Å². The Hall–Kier alpha value is -4.06. The predicted octanol–water partition coefficient (Wildman–Crippen LogP) is 7.60. The van der Waals surface area contributed by atoms with E-state index in [1.807, 2.05) is 0 Å². The van der Waals surface area contributed by atoms with Crippen LogP contribution in [0.15, 0.2) is 167 Å². The lowest BCUT2D eigenvalue weighted by Gasteiger charge is -2.34. The van der Waals surface area contributed by atoms with Crippen LogP contribution in [0.2, 0.25) is 0 Å². The molecule has 5 rings (SSSR count). The van der Waals surface area contributed by atoms with Crippen molar-refractivity contribution in [2.75, 3.05) is 0 Å². The van der Waals surface area contributed by atoms with Gasteiger partial charge in [-0.1, -0.05) is 159 Å². The van der Waals surface area contributed by atoms with E-state index in [1.54, 1.807) is 0 Å². The monoisotopic (exact) mass is 608 g/mol. The van der Waals surface area contributed by atoms with Crippen LogP contribution in [-0.2, 0) is 4.79 Å². The zero-order valence-corrected chi connectivity index (χ0v) is 28.3. The second kappa shape index (κ2) is 14.2. The molecule has 0 saturated carbocycles. The van der Waals surface area contributed by atoms with E-state index in [9.17, 15) is 0 Å². The summed E-state index contributed by atoms with van der Waals surface area (Å²) in [4.78, 5) is 15.8. The standard InChI is InChI=1S/C41H44OSi2/c1-5-9-31-37-38(32-10-6-2)41(44(8-4,35-27-19-13-20-28-35)36-29-21-14-22-30-36)39(42)40(37)43(7-3,33-23-15-11-16-24-33)34-25-17-12-18-26-34/h7-8,11-30H,3-6,9-10,31-32H2,1-2H3. The summed E-state index contributed by atoms with van der Waals surface area (Å²) in [6, 6.07) is 42.9. The van der Waals surface area contributed by atoms with Gasteiger partial charge < -0.3 is 0 Å². The molecule has 0 fully saturated rings. The Labute approximate surface area is 266 Å². The summed E-state index contributed by atoms with van der Waals surface area (Å²) < 4.78 is 0. The molecule has 0 radical (unpaired) electrons. The first-order chi connectivity index (χ1) is 21.6. The Morgan fingerprint density at radius 2 is 0.773 bits per heavy atom. The molecule has 1 aliphatic carbocycles. The Morgan fingerprint density at radius 3 is 1.00 bits per heavy atom. The van der Waals surface area contributed by atoms with Crippen molar-refractivity contribution in [3.8, 4) is 0 Å². The fourth-order valence-corrected chi connectivity index (χ4v) is 15.8. The van der Waals surface area contributed by atoms with Gasteiger partial charge in [0.1, 0.15) is 0 Å². The van der Waals surface area contributed by atoms with E-state index in [-0.39, 0.29) is 5.78 Å². The largest absolute Gasteiger partial charge is 0.290 e. The van der Waals surface area contributed by atoms with Crippen molar-refractivity contribution in [2.24, 2.45) is 0 Å². The van der Waals surface area contributed by atoms with Crippen molar-refractivity contribution in [3.05, 3.63) is 167 Å². The zero-order valence-electron chi connectivity index (χ0n) is 26.3. The summed E-state index contributed by atoms with van der Waals surface area (Å²) in [5.41, 5.74) is 6.90. The maximum atomic E-state index is 15.8. The number of Topliss-reactive ketones (excluding diaryl/α,β-unsaturated/α-hetero) is 1. The Kier molecular flexibility index (Phi) is 10.1. The first kappa shape index (κ1) is 31.4. The smallest absolute Gasteiger partial charge is 0.179 e. The third-order valence-corrected chi connectivity index (χ3v) is 18.1. The van der Waals surface area contributed by atoms with Gasteiger partial charge in [0.05, 0.1) is 0 Å². The number of allylic oxidation sites excluding steroid dienone is 4. The summed E-state index contributed by atoms with van der Waals surface area (Å²) in [6.45, 7) is 13.6. The Bertz CT molecular complexity index is 1450. The van der Waals surface area contributed by atoms with Crippen LogP contribution in [0.3, 0.4) is 0 Å². The third kappa shape index (κ3) is 5.40. The minimum Gasteiger partial charge on any atom is -0.290 e. The zero-order chi connectivity index (χ0) is 31.0. The first-order valence-electron chi connectivity index (χ1n) is 16.1. The van der Waals surface area contributed by atoms with Gasteiger partial charge in [-0.05, 0) is 57.6 Å². The lowest BCUT2D eigenvalue weighted by Crippen LogP contribution is -2.63. The number of hydrogen-bond acceptors (Lipinski definition) is 1. The molecule has 0 spiro atoms. The molecule has 0 atom stereocenters. The molecule has 0 aromatic heterocycles. The molecular formula is C41H44OSi2. The minimum atomic E-state index is -2.94. The molecule has 222 valence electrons. The summed E-state index contributed by atoms with van der Waals surface area (Å²) in [7, 11) is -5.88. The van der Waals surface area contributed by atoms with E-state index >= 15 is 4.79 Å². The molecule has 0 amide bonds. The molecular weight excluding hydrogens is 565 g/mol. The molecule has 0 saturated heterocycles. The van der Waals surface area contributed by atoms with Crippen LogP contribution in [-0.4, -0.2) is 21.9 Å². The molecule has 44 heavy (non-hydrogen) atoms. The highest BCUT2D eigenvalue weighted by atomic mass is 28.3. The van der Waals surface area contributed by atoms with Crippen LogP contribution >= 0.6 is 0 Å². The summed E-state index contributed by atoms with van der Waals surface area (Å²) in [5, 5.41) is 6.87. The minimum absolute atomic E-state index is 0.223. The van der Waals surface area contributed by atoms with E-state index in [4.69, 9.17) is 0 Å². The van der Waals surface area contributed by atoms with Crippen LogP contribution in [0.5, 0.6) is 0 Å². The summed E-state index contributed by atoms with van der Waals surface area (Å²) >= 11 is 0. The van der Waals surface area contributed by atoms with Crippen LogP contribution in [0.4, 0.5) is 0 Å². The second-order valence-corrected chi connectivity index (χ2v) is 19.1. The number of carbonyl (C=O) groups excluding carboxylic acids is 1. The van der Waals surface area contributed by atoms with Crippen molar-refractivity contribution in [1.82, 2.24) is 0 Å². The highest BCUT2D eigenvalue weighted by molar-refractivity contribution is 7.18. The summed E-state index contributed by atoms with van der Waals surface area (Å²) in [5.74, 6) is 0.223. The molecule has 0 N–H and O–H groups in total. The SMILES string of the molecule is C=C[Si](C1=C(CCCC)C(CCCC)=C([Si](C=C)(c2ccccc2)c2ccccc2)C1=O)(c1ccccc1)c1ccccc1. The number of carbonyl (C=O) groups is 1. The number of hydrogen-bond donors (Lipinski definition) is 0. The van der Waals surface area contributed by atoms with Gasteiger partial charge in [-0.25, -0.2) is 0 Å². The van der Waals surface area contributed by atoms with Crippen LogP contribution < -0.4 is 20.7 Å². The van der Waals surface area contributed by atoms with Gasteiger partial charge in [0, 0.05) is 10.4 Å². The Morgan fingerprint density at radius 1 is 0.500 bits per heavy atom. The highest BCUT2D eigenvalue weighted by Crippen LogP contribution is 2.43. The average Bonchev–Trinajstić information content (AvgIpc) is 3.37. The molecule has 3 heteroatoms. The van der Waals surface area contributed by atoms with Crippen LogP contribution in [0.25, 0.3) is 0 Å². The van der Waals surface area contributed by atoms with Crippen molar-refractivity contribution in [1.29, 1.82) is 0 Å². The lowest BCUT2D eigenvalue weighted by atomic mass is 9.99. The van der Waals surface area contributed by atoms with Crippen molar-refractivity contribution >= 4 is 42.7 Å². The normalized spacial score (nSPS) is 13.8. The average molecular weight is 609 g/mol. The maximum Gasteiger partial charge on any atom is 0.179 e. The maximum absolute atomic E-state index is 15.8. The fraction of sp³-hybridized carbons (Fsp3) is 0.195. The lowest BCUT2D eigenvalue weighted by molar-refractivity contribution is -0.111. The van der Waals surface area contributed by atoms with Crippen LogP contribution in [0, 0.1) is 0 Å². The third-order valence-electron chi connectivity index (χ3n) is 9.30. The number of ketones is 1. The van der Waals surface area contributed by atoms with Gasteiger partial charge in [0.2, 0.25) is 0 Å². The number of rotatable bonds is 14. The molecule has 0 unspecified atom stereocenters. The van der Waals surface area contributed by atoms with E-state index in [2.05, 4.69) is 160 Å². The van der Waals surface area contributed by atoms with Crippen molar-refractivity contribution in [3.63, 3.8) is 0 Å². The van der Waals surface area contributed by atoms with Gasteiger partial charge in [-0.3, -0.25) is 4.79 Å². The van der Waals surface area contributed by atoms with Gasteiger partial charge in [0.25, 0.3) is 0 Å². The molecule has 0 bridgehead atoms. The predicted molar refractivity (Wildman–Crippen MR) is 194 cm³/mol. The molecule has 0 aliphatic heterocycles. The van der Waals surface area contributed by atoms with E-state index in [0.29, 0.717) is 0 Å². The molecule has 0 heterocycles. The van der Waals surface area contributed by atoms with Crippen molar-refractivity contribution in [2.45, 2.75) is 52.4 Å². The topological polar surface area (TPSA) is 17.1 Å². The molecule has 1 nitrogen and oxygen atoms in total. The first-order valence-corrected chi connectivity index (χ1v) is 20.3. The highest BCUT2D eigenvalue weighted by Gasteiger charge is 2.53. The quantitative estimate of drug-likeness (QED) is 0.135. The number of benzene rings is 4. The van der Waals surface area contributed by atoms with Gasteiger partial charge in [-0.2, -0.15) is 0 Å². The second-order valence-electron chi connectivity index (χ2n) is 11.7. The van der Waals surface area contributed by atoms with Gasteiger partial charge >= 0.3 is 0 Å². The number of unbranched alkanes of at least 4 members (excludes halogenated alkanes) is 2. The van der Waals surface area contributed by atoms with E-state index < -0.39 is 16.1 Å². The van der Waals surface area contributed by atoms with E-state index in [1.165, 1.54) is 31.9 Å². The molecule has 4 aromatic rings. The fourth-order valence-electron chi connectivity index (χ4n) is 7.18.